The molecule has 0 rings (SSSR count). The Bertz CT molecular complexity index is 1410. The molecule has 61 heavy (non-hydrogen) atoms. The van der Waals surface area contributed by atoms with E-state index in [1.807, 2.05) is 18.2 Å². The summed E-state index contributed by atoms with van der Waals surface area (Å²) in [5, 5.41) is 29.1. The van der Waals surface area contributed by atoms with Crippen molar-refractivity contribution in [3.05, 3.63) is 48.6 Å². The first-order chi connectivity index (χ1) is 28.8. The van der Waals surface area contributed by atoms with Crippen LogP contribution in [-0.4, -0.2) is 110 Å². The molecule has 0 aliphatic heterocycles. The Hall–Kier alpha value is -2.18. The van der Waals surface area contributed by atoms with Gasteiger partial charge in [-0.15, -0.1) is 11.8 Å². The van der Waals surface area contributed by atoms with Crippen LogP contribution in [0.1, 0.15) is 124 Å². The molecule has 6 atom stereocenters. The van der Waals surface area contributed by atoms with E-state index in [4.69, 9.17) is 34.6 Å². The number of esters is 2. The highest BCUT2D eigenvalue weighted by atomic mass is 32.2. The van der Waals surface area contributed by atoms with Crippen LogP contribution in [0, 0.1) is 5.92 Å². The number of unbranched alkanes of at least 4 members (excludes halogenated alkanes) is 8. The van der Waals surface area contributed by atoms with Gasteiger partial charge in [0.1, 0.15) is 18.8 Å². The van der Waals surface area contributed by atoms with E-state index < -0.39 is 89.6 Å². The quantitative estimate of drug-likeness (QED) is 0.0107. The van der Waals surface area contributed by atoms with Crippen molar-refractivity contribution in [2.75, 3.05) is 32.2 Å². The van der Waals surface area contributed by atoms with Crippen LogP contribution in [0.5, 0.6) is 0 Å². The van der Waals surface area contributed by atoms with Gasteiger partial charge < -0.3 is 45.2 Å². The Morgan fingerprint density at radius 3 is 2.07 bits per heavy atom. The molecule has 1 unspecified atom stereocenters. The highest BCUT2D eigenvalue weighted by molar-refractivity contribution is 8.00. The van der Waals surface area contributed by atoms with Gasteiger partial charge in [0.05, 0.1) is 25.9 Å². The Morgan fingerprint density at radius 2 is 1.39 bits per heavy atom. The summed E-state index contributed by atoms with van der Waals surface area (Å²) in [4.78, 5) is 64.4. The minimum absolute atomic E-state index is 0.0704. The second kappa shape index (κ2) is 36.2. The maximum absolute atomic E-state index is 13.1. The Morgan fingerprint density at radius 1 is 0.738 bits per heavy atom. The third-order valence-electron chi connectivity index (χ3n) is 8.64. The monoisotopic (exact) mass is 929 g/mol. The fraction of sp³-hybridized carbons (Fsp3) is 0.732. The number of hydrogen-bond donors (Lipinski definition) is 7. The van der Waals surface area contributed by atoms with Crippen molar-refractivity contribution < 1.29 is 76.6 Å². The Balaban J connectivity index is 5.52. The van der Waals surface area contributed by atoms with E-state index in [1.54, 1.807) is 18.2 Å². The average molecular weight is 930 g/mol. The van der Waals surface area contributed by atoms with Gasteiger partial charge >= 0.3 is 33.6 Å². The first kappa shape index (κ1) is 58.8. The zero-order chi connectivity index (χ0) is 45.9. The molecule has 0 aliphatic carbocycles. The van der Waals surface area contributed by atoms with E-state index in [0.29, 0.717) is 12.3 Å². The highest BCUT2D eigenvalue weighted by Crippen LogP contribution is 2.44. The van der Waals surface area contributed by atoms with Crippen LogP contribution in [-0.2, 0) is 46.6 Å². The van der Waals surface area contributed by atoms with E-state index >= 15 is 0 Å². The zero-order valence-corrected chi connectivity index (χ0v) is 38.7. The topological polar surface area (TPSA) is 279 Å². The second-order valence-electron chi connectivity index (χ2n) is 15.0. The number of rotatable bonds is 39. The van der Waals surface area contributed by atoms with Gasteiger partial charge in [-0.05, 0) is 44.4 Å². The van der Waals surface area contributed by atoms with Crippen LogP contribution in [0.2, 0.25) is 0 Å². The minimum Gasteiger partial charge on any atom is -0.481 e. The lowest BCUT2D eigenvalue weighted by molar-refractivity contribution is -0.161. The molecule has 0 amide bonds. The van der Waals surface area contributed by atoms with E-state index in [2.05, 4.69) is 42.0 Å². The number of aliphatic hydroxyl groups excluding tert-OH is 2. The van der Waals surface area contributed by atoms with Gasteiger partial charge in [-0.2, -0.15) is 0 Å². The molecule has 0 fully saturated rings. The molecule has 8 N–H and O–H groups in total. The molecular formula is C41H73NO16P2S. The summed E-state index contributed by atoms with van der Waals surface area (Å²) in [7, 11) is -9.89. The van der Waals surface area contributed by atoms with E-state index in [-0.39, 0.29) is 31.4 Å². The largest absolute Gasteiger partial charge is 0.481 e. The van der Waals surface area contributed by atoms with Gasteiger partial charge in [0, 0.05) is 23.8 Å². The minimum atomic E-state index is -4.96. The van der Waals surface area contributed by atoms with E-state index in [9.17, 15) is 38.6 Å². The van der Waals surface area contributed by atoms with Gasteiger partial charge in [-0.25, -0.2) is 9.13 Å². The summed E-state index contributed by atoms with van der Waals surface area (Å²) in [5.74, 6) is -1.99. The number of carboxylic acid groups (broad SMARTS) is 1. The van der Waals surface area contributed by atoms with Crippen LogP contribution >= 0.6 is 27.4 Å². The summed E-state index contributed by atoms with van der Waals surface area (Å²) in [6.07, 6.45) is 23.7. The molecular weight excluding hydrogens is 856 g/mol. The summed E-state index contributed by atoms with van der Waals surface area (Å²) in [6, 6.07) is -1.29. The number of phosphoric acid groups is 2. The number of phosphoric ester groups is 2. The van der Waals surface area contributed by atoms with Crippen molar-refractivity contribution >= 4 is 45.3 Å². The molecule has 0 aliphatic rings. The number of allylic oxidation sites excluding steroid dienone is 7. The fourth-order valence-corrected chi connectivity index (χ4v) is 7.53. The first-order valence-corrected chi connectivity index (χ1v) is 25.2. The number of carboxylic acids is 1. The smallest absolute Gasteiger partial charge is 0.472 e. The summed E-state index contributed by atoms with van der Waals surface area (Å²) >= 11 is 1.13. The number of hydrogen-bond acceptors (Lipinski definition) is 14. The molecule has 0 aromatic carbocycles. The van der Waals surface area contributed by atoms with Gasteiger partial charge in [-0.3, -0.25) is 28.0 Å². The van der Waals surface area contributed by atoms with Crippen molar-refractivity contribution in [1.82, 2.24) is 0 Å². The highest BCUT2D eigenvalue weighted by Gasteiger charge is 2.30. The molecule has 0 aromatic rings. The van der Waals surface area contributed by atoms with Crippen LogP contribution in [0.25, 0.3) is 0 Å². The lowest BCUT2D eigenvalue weighted by atomic mass is 10.0. The summed E-state index contributed by atoms with van der Waals surface area (Å²) < 4.78 is 47.8. The van der Waals surface area contributed by atoms with Gasteiger partial charge in [0.25, 0.3) is 0 Å². The third-order valence-corrected chi connectivity index (χ3v) is 11.5. The summed E-state index contributed by atoms with van der Waals surface area (Å²) in [6.45, 7) is 3.30. The van der Waals surface area contributed by atoms with Crippen LogP contribution in [0.3, 0.4) is 0 Å². The van der Waals surface area contributed by atoms with Crippen LogP contribution in [0.15, 0.2) is 48.6 Å². The van der Waals surface area contributed by atoms with Crippen molar-refractivity contribution in [2.45, 2.75) is 153 Å². The van der Waals surface area contributed by atoms with Crippen LogP contribution in [0.4, 0.5) is 0 Å². The SMILES string of the molecule is CCCCC/C=C\C\C=C/C=C/C=C/[C@@H](SC[C@H](N)C(=O)O[C@H](COC(=O)CCCCCCCCC(C)C)COP(=O)(O)OC[C@@H](O)COP(=O)(O)O)[C@@H](O)CCCC(=O)O. The number of aliphatic carboxylic acids is 1. The molecule has 0 aromatic heterocycles. The zero-order valence-electron chi connectivity index (χ0n) is 36.1. The predicted octanol–water partition coefficient (Wildman–Crippen LogP) is 7.06. The Kier molecular flexibility index (Phi) is 34.9. The lowest BCUT2D eigenvalue weighted by Crippen LogP contribution is -2.40. The molecule has 20 heteroatoms. The molecule has 354 valence electrons. The number of carbonyl (C=O) groups is 3. The molecule has 0 spiro atoms. The second-order valence-corrected chi connectivity index (χ2v) is 18.9. The molecule has 0 saturated carbocycles. The van der Waals surface area contributed by atoms with Crippen molar-refractivity contribution in [3.63, 3.8) is 0 Å². The molecule has 17 nitrogen and oxygen atoms in total. The van der Waals surface area contributed by atoms with Crippen molar-refractivity contribution in [2.24, 2.45) is 11.7 Å². The molecule has 0 saturated heterocycles. The van der Waals surface area contributed by atoms with E-state index in [1.165, 1.54) is 25.7 Å². The molecule has 0 heterocycles. The first-order valence-electron chi connectivity index (χ1n) is 21.1. The average Bonchev–Trinajstić information content (AvgIpc) is 3.19. The maximum Gasteiger partial charge on any atom is 0.472 e. The van der Waals surface area contributed by atoms with E-state index in [0.717, 1.165) is 56.7 Å². The third kappa shape index (κ3) is 38.0. The number of nitrogens with two attached hydrogens (primary N) is 1. The molecule has 0 radical (unpaired) electrons. The number of aliphatic hydroxyl groups is 2. The number of ether oxygens (including phenoxy) is 2. The lowest BCUT2D eigenvalue weighted by Gasteiger charge is -2.23. The van der Waals surface area contributed by atoms with Crippen molar-refractivity contribution in [3.8, 4) is 0 Å². The maximum atomic E-state index is 13.1. The normalized spacial score (nSPS) is 16.0. The predicted molar refractivity (Wildman–Crippen MR) is 235 cm³/mol. The van der Waals surface area contributed by atoms with Crippen molar-refractivity contribution in [1.29, 1.82) is 0 Å². The fourth-order valence-electron chi connectivity index (χ4n) is 5.25. The Labute approximate surface area is 366 Å². The van der Waals surface area contributed by atoms with Crippen LogP contribution < -0.4 is 5.73 Å². The summed E-state index contributed by atoms with van der Waals surface area (Å²) in [5.41, 5.74) is 6.16. The van der Waals surface area contributed by atoms with Gasteiger partial charge in [0.15, 0.2) is 6.10 Å². The number of thioether (sulfide) groups is 1. The number of carbonyl (C=O) groups excluding carboxylic acids is 2. The van der Waals surface area contributed by atoms with Gasteiger partial charge in [0.2, 0.25) is 0 Å². The standard InChI is InChI=1S/C41H73NO16P2S/c1-4-5-6-7-8-9-10-11-12-13-17-20-25-38(37(44)24-22-26-39(45)46)61-32-36(42)41(48)58-35(30-54-40(47)27-21-18-15-14-16-19-23-33(2)3)31-57-60(52,53)56-29-34(43)28-55-59(49,50)51/h8-9,11-13,17,20,25,33-38,43-44H,4-7,10,14-16,18-19,21-24,26-32,42H2,1-3H3,(H,45,46)(H,52,53)(H2,49,50,51)/b9-8-,12-11-,17-13+,25-20+/t34-,35+,36-,37-,38+/m0/s1. The molecule has 0 bridgehead atoms. The van der Waals surface area contributed by atoms with Gasteiger partial charge in [-0.1, -0.05) is 121 Å².